The van der Waals surface area contributed by atoms with E-state index in [1.54, 1.807) is 18.2 Å². The number of ether oxygens (including phenoxy) is 1. The van der Waals surface area contributed by atoms with Gasteiger partial charge in [0.25, 0.3) is 0 Å². The van der Waals surface area contributed by atoms with Crippen molar-refractivity contribution in [1.82, 2.24) is 4.90 Å². The zero-order chi connectivity index (χ0) is 13.8. The van der Waals surface area contributed by atoms with E-state index in [0.717, 1.165) is 12.2 Å². The van der Waals surface area contributed by atoms with Crippen LogP contribution in [-0.4, -0.2) is 36.9 Å². The van der Waals surface area contributed by atoms with Gasteiger partial charge in [-0.2, -0.15) is 0 Å². The molecule has 1 aromatic rings. The van der Waals surface area contributed by atoms with Gasteiger partial charge in [-0.15, -0.1) is 0 Å². The van der Waals surface area contributed by atoms with Crippen LogP contribution in [0.4, 0.5) is 0 Å². The lowest BCUT2D eigenvalue weighted by Gasteiger charge is -2.19. The number of benzene rings is 1. The Balaban J connectivity index is 1.86. The smallest absolute Gasteiger partial charge is 0.161 e. The van der Waals surface area contributed by atoms with E-state index in [-0.39, 0.29) is 5.78 Å². The number of rotatable bonds is 5. The van der Waals surface area contributed by atoms with Crippen LogP contribution in [0.3, 0.4) is 0 Å². The van der Waals surface area contributed by atoms with E-state index in [4.69, 9.17) is 16.3 Å². The molecule has 0 N–H and O–H groups in total. The Morgan fingerprint density at radius 3 is 2.89 bits per heavy atom. The van der Waals surface area contributed by atoms with Crippen LogP contribution in [0.5, 0.6) is 5.75 Å². The number of halogens is 1. The fraction of sp³-hybridized carbons (Fsp3) is 0.533. The second-order valence-electron chi connectivity index (χ2n) is 5.11. The van der Waals surface area contributed by atoms with E-state index in [9.17, 15) is 4.79 Å². The fourth-order valence-electron chi connectivity index (χ4n) is 2.53. The van der Waals surface area contributed by atoms with Crippen molar-refractivity contribution < 1.29 is 9.53 Å². The van der Waals surface area contributed by atoms with E-state index >= 15 is 0 Å². The van der Waals surface area contributed by atoms with E-state index in [2.05, 4.69) is 11.9 Å². The molecular formula is C15H20ClNO2. The quantitative estimate of drug-likeness (QED) is 0.775. The van der Waals surface area contributed by atoms with Gasteiger partial charge in [-0.1, -0.05) is 11.6 Å². The average molecular weight is 282 g/mol. The van der Waals surface area contributed by atoms with Gasteiger partial charge in [0.05, 0.1) is 11.6 Å². The summed E-state index contributed by atoms with van der Waals surface area (Å²) in [5.41, 5.74) is 0.546. The normalized spacial score (nSPS) is 19.6. The monoisotopic (exact) mass is 281 g/mol. The molecular weight excluding hydrogens is 262 g/mol. The van der Waals surface area contributed by atoms with E-state index in [0.29, 0.717) is 23.2 Å². The van der Waals surface area contributed by atoms with Gasteiger partial charge in [-0.05, 0) is 58.0 Å². The summed E-state index contributed by atoms with van der Waals surface area (Å²) in [7, 11) is 2.16. The second-order valence-corrected chi connectivity index (χ2v) is 5.52. The molecule has 3 nitrogen and oxygen atoms in total. The molecule has 2 rings (SSSR count). The van der Waals surface area contributed by atoms with Gasteiger partial charge in [0.15, 0.2) is 5.78 Å². The SMILES string of the molecule is CC(=O)c1ccc(OCCC2CCCN2C)cc1Cl. The Bertz CT molecular complexity index is 461. The van der Waals surface area contributed by atoms with Crippen molar-refractivity contribution in [3.8, 4) is 5.75 Å². The fourth-order valence-corrected chi connectivity index (χ4v) is 2.83. The number of carbonyl (C=O) groups is 1. The highest BCUT2D eigenvalue weighted by atomic mass is 35.5. The maximum absolute atomic E-state index is 11.3. The van der Waals surface area contributed by atoms with Crippen molar-refractivity contribution in [3.63, 3.8) is 0 Å². The van der Waals surface area contributed by atoms with E-state index in [1.807, 2.05) is 0 Å². The molecule has 104 valence electrons. The summed E-state index contributed by atoms with van der Waals surface area (Å²) in [4.78, 5) is 13.7. The summed E-state index contributed by atoms with van der Waals surface area (Å²) >= 11 is 6.04. The Labute approximate surface area is 119 Å². The molecule has 1 atom stereocenters. The number of Topliss-reactive ketones (excluding diaryl/α,β-unsaturated/α-hetero) is 1. The first kappa shape index (κ1) is 14.4. The standard InChI is InChI=1S/C15H20ClNO2/c1-11(18)14-6-5-13(10-15(14)16)19-9-7-12-4-3-8-17(12)2/h5-6,10,12H,3-4,7-9H2,1-2H3. The lowest BCUT2D eigenvalue weighted by Crippen LogP contribution is -2.26. The Morgan fingerprint density at radius 1 is 1.53 bits per heavy atom. The minimum Gasteiger partial charge on any atom is -0.493 e. The minimum absolute atomic E-state index is 0.0240. The summed E-state index contributed by atoms with van der Waals surface area (Å²) < 4.78 is 5.71. The molecule has 1 saturated heterocycles. The number of likely N-dealkylation sites (tertiary alicyclic amines) is 1. The summed E-state index contributed by atoms with van der Waals surface area (Å²) in [6, 6.07) is 5.88. The lowest BCUT2D eigenvalue weighted by molar-refractivity contribution is 0.101. The molecule has 0 aromatic heterocycles. The van der Waals surface area contributed by atoms with Crippen LogP contribution in [-0.2, 0) is 0 Å². The molecule has 1 aromatic carbocycles. The topological polar surface area (TPSA) is 29.5 Å². The summed E-state index contributed by atoms with van der Waals surface area (Å²) in [6.07, 6.45) is 3.56. The van der Waals surface area contributed by atoms with Gasteiger partial charge < -0.3 is 9.64 Å². The molecule has 0 spiro atoms. The molecule has 1 unspecified atom stereocenters. The highest BCUT2D eigenvalue weighted by Crippen LogP contribution is 2.24. The molecule has 1 heterocycles. The van der Waals surface area contributed by atoms with Crippen LogP contribution in [0.15, 0.2) is 18.2 Å². The van der Waals surface area contributed by atoms with Gasteiger partial charge in [0.1, 0.15) is 5.75 Å². The van der Waals surface area contributed by atoms with Gasteiger partial charge in [-0.25, -0.2) is 0 Å². The summed E-state index contributed by atoms with van der Waals surface area (Å²) in [6.45, 7) is 3.38. The molecule has 1 aliphatic rings. The van der Waals surface area contributed by atoms with Gasteiger partial charge in [0, 0.05) is 11.6 Å². The Hall–Kier alpha value is -1.06. The largest absolute Gasteiger partial charge is 0.493 e. The van der Waals surface area contributed by atoms with E-state index < -0.39 is 0 Å². The molecule has 1 aliphatic heterocycles. The second kappa shape index (κ2) is 6.40. The number of ketones is 1. The highest BCUT2D eigenvalue weighted by Gasteiger charge is 2.20. The number of hydrogen-bond acceptors (Lipinski definition) is 3. The van der Waals surface area contributed by atoms with Gasteiger partial charge in [-0.3, -0.25) is 4.79 Å². The van der Waals surface area contributed by atoms with Crippen molar-refractivity contribution in [2.24, 2.45) is 0 Å². The zero-order valence-corrected chi connectivity index (χ0v) is 12.2. The van der Waals surface area contributed by atoms with Crippen molar-refractivity contribution in [2.75, 3.05) is 20.2 Å². The number of hydrogen-bond donors (Lipinski definition) is 0. The molecule has 0 aliphatic carbocycles. The lowest BCUT2D eigenvalue weighted by atomic mass is 10.1. The number of nitrogens with zero attached hydrogens (tertiary/aromatic N) is 1. The third kappa shape index (κ3) is 3.71. The molecule has 19 heavy (non-hydrogen) atoms. The average Bonchev–Trinajstić information content (AvgIpc) is 2.75. The van der Waals surface area contributed by atoms with Crippen LogP contribution in [0.2, 0.25) is 5.02 Å². The highest BCUT2D eigenvalue weighted by molar-refractivity contribution is 6.34. The van der Waals surface area contributed by atoms with Crippen molar-refractivity contribution in [3.05, 3.63) is 28.8 Å². The molecule has 4 heteroatoms. The zero-order valence-electron chi connectivity index (χ0n) is 11.5. The molecule has 0 radical (unpaired) electrons. The maximum Gasteiger partial charge on any atom is 0.161 e. The predicted molar refractivity (Wildman–Crippen MR) is 77.2 cm³/mol. The summed E-state index contributed by atoms with van der Waals surface area (Å²) in [5.74, 6) is 0.708. The maximum atomic E-state index is 11.3. The Kier molecular flexibility index (Phi) is 4.83. The molecule has 0 bridgehead atoms. The molecule has 0 saturated carbocycles. The number of carbonyl (C=O) groups excluding carboxylic acids is 1. The summed E-state index contributed by atoms with van der Waals surface area (Å²) in [5, 5.41) is 0.461. The predicted octanol–water partition coefficient (Wildman–Crippen LogP) is 3.41. The van der Waals surface area contributed by atoms with Crippen molar-refractivity contribution in [2.45, 2.75) is 32.2 Å². The van der Waals surface area contributed by atoms with Crippen LogP contribution in [0.1, 0.15) is 36.5 Å². The molecule has 0 amide bonds. The van der Waals surface area contributed by atoms with Crippen LogP contribution in [0, 0.1) is 0 Å². The third-order valence-electron chi connectivity index (χ3n) is 3.71. The van der Waals surface area contributed by atoms with Crippen molar-refractivity contribution >= 4 is 17.4 Å². The first-order valence-corrected chi connectivity index (χ1v) is 7.09. The first-order valence-electron chi connectivity index (χ1n) is 6.71. The third-order valence-corrected chi connectivity index (χ3v) is 4.02. The first-order chi connectivity index (χ1) is 9.08. The van der Waals surface area contributed by atoms with Crippen LogP contribution in [0.25, 0.3) is 0 Å². The van der Waals surface area contributed by atoms with Crippen LogP contribution < -0.4 is 4.74 Å². The van der Waals surface area contributed by atoms with E-state index in [1.165, 1.54) is 26.3 Å². The molecule has 1 fully saturated rings. The van der Waals surface area contributed by atoms with Gasteiger partial charge >= 0.3 is 0 Å². The van der Waals surface area contributed by atoms with Crippen molar-refractivity contribution in [1.29, 1.82) is 0 Å². The van der Waals surface area contributed by atoms with Crippen LogP contribution >= 0.6 is 11.6 Å². The van der Waals surface area contributed by atoms with Gasteiger partial charge in [0.2, 0.25) is 0 Å². The Morgan fingerprint density at radius 2 is 2.32 bits per heavy atom. The minimum atomic E-state index is -0.0240.